The molecule has 0 atom stereocenters. The van der Waals surface area contributed by atoms with E-state index in [9.17, 15) is 9.18 Å². The molecule has 1 heterocycles. The van der Waals surface area contributed by atoms with Crippen LogP contribution in [0.5, 0.6) is 0 Å². The van der Waals surface area contributed by atoms with Gasteiger partial charge < -0.3 is 4.90 Å². The summed E-state index contributed by atoms with van der Waals surface area (Å²) in [6.07, 6.45) is 1.57. The van der Waals surface area contributed by atoms with Gasteiger partial charge in [-0.05, 0) is 69.2 Å². The molecule has 5 nitrogen and oxygen atoms in total. The molecule has 0 saturated carbocycles. The van der Waals surface area contributed by atoms with E-state index in [1.54, 1.807) is 23.2 Å². The number of rotatable bonds is 4. The van der Waals surface area contributed by atoms with Crippen LogP contribution in [0.3, 0.4) is 0 Å². The summed E-state index contributed by atoms with van der Waals surface area (Å²) < 4.78 is 14.5. The van der Waals surface area contributed by atoms with E-state index in [4.69, 9.17) is 0 Å². The number of amides is 1. The first kappa shape index (κ1) is 17.8. The minimum atomic E-state index is -0.328. The number of benzene rings is 2. The van der Waals surface area contributed by atoms with Crippen molar-refractivity contribution < 1.29 is 9.18 Å². The lowest BCUT2D eigenvalue weighted by Gasteiger charge is -2.28. The highest BCUT2D eigenvalue weighted by molar-refractivity contribution is 6.05. The van der Waals surface area contributed by atoms with Gasteiger partial charge in [0.1, 0.15) is 5.82 Å². The summed E-state index contributed by atoms with van der Waals surface area (Å²) in [5, 5.41) is 8.03. The van der Waals surface area contributed by atoms with Gasteiger partial charge in [0.2, 0.25) is 0 Å². The summed E-state index contributed by atoms with van der Waals surface area (Å²) in [5.41, 5.74) is 3.84. The predicted octanol–water partition coefficient (Wildman–Crippen LogP) is 4.08. The van der Waals surface area contributed by atoms with Crippen LogP contribution < -0.4 is 4.90 Å². The van der Waals surface area contributed by atoms with Crippen molar-refractivity contribution in [3.05, 3.63) is 71.3 Å². The lowest BCUT2D eigenvalue weighted by molar-refractivity contribution is 0.0975. The van der Waals surface area contributed by atoms with Crippen LogP contribution in [0.2, 0.25) is 0 Å². The van der Waals surface area contributed by atoms with Crippen LogP contribution in [0.15, 0.2) is 48.7 Å². The Morgan fingerprint density at radius 2 is 1.81 bits per heavy atom. The van der Waals surface area contributed by atoms with E-state index in [0.29, 0.717) is 5.69 Å². The van der Waals surface area contributed by atoms with E-state index < -0.39 is 0 Å². The Morgan fingerprint density at radius 3 is 2.46 bits per heavy atom. The first-order valence-electron chi connectivity index (χ1n) is 8.46. The molecule has 0 aliphatic rings. The highest BCUT2D eigenvalue weighted by atomic mass is 19.1. The third kappa shape index (κ3) is 3.49. The van der Waals surface area contributed by atoms with E-state index >= 15 is 0 Å². The van der Waals surface area contributed by atoms with Crippen LogP contribution >= 0.6 is 0 Å². The van der Waals surface area contributed by atoms with Crippen molar-refractivity contribution in [2.45, 2.75) is 33.7 Å². The van der Waals surface area contributed by atoms with Gasteiger partial charge in [-0.15, -0.1) is 5.10 Å². The zero-order valence-electron chi connectivity index (χ0n) is 15.3. The Kier molecular flexibility index (Phi) is 4.84. The number of nitrogens with zero attached hydrogens (tertiary/aromatic N) is 4. The Labute approximate surface area is 152 Å². The monoisotopic (exact) mass is 352 g/mol. The van der Waals surface area contributed by atoms with Crippen LogP contribution in [0, 0.1) is 19.7 Å². The molecule has 0 unspecified atom stereocenters. The highest BCUT2D eigenvalue weighted by Gasteiger charge is 2.25. The number of hydrogen-bond donors (Lipinski definition) is 0. The maximum Gasteiger partial charge on any atom is 0.280 e. The van der Waals surface area contributed by atoms with Gasteiger partial charge in [0, 0.05) is 11.7 Å². The third-order valence-electron chi connectivity index (χ3n) is 4.16. The van der Waals surface area contributed by atoms with Crippen molar-refractivity contribution >= 4 is 11.6 Å². The number of aromatic nitrogens is 3. The summed E-state index contributed by atoms with van der Waals surface area (Å²) >= 11 is 0. The maximum atomic E-state index is 13.1. The summed E-state index contributed by atoms with van der Waals surface area (Å²) in [6.45, 7) is 7.90. The first-order valence-corrected chi connectivity index (χ1v) is 8.46. The molecule has 0 aliphatic carbocycles. The molecule has 0 bridgehead atoms. The third-order valence-corrected chi connectivity index (χ3v) is 4.16. The van der Waals surface area contributed by atoms with Crippen LogP contribution in [-0.2, 0) is 0 Å². The van der Waals surface area contributed by atoms with Gasteiger partial charge in [-0.25, -0.2) is 9.07 Å². The first-order chi connectivity index (χ1) is 12.4. The summed E-state index contributed by atoms with van der Waals surface area (Å²) in [4.78, 5) is 14.8. The number of carbonyl (C=O) groups excluding carboxylic acids is 1. The normalized spacial score (nSPS) is 11.0. The van der Waals surface area contributed by atoms with E-state index in [1.807, 2.05) is 45.9 Å². The molecule has 0 N–H and O–H groups in total. The van der Waals surface area contributed by atoms with Crippen LogP contribution in [-0.4, -0.2) is 26.9 Å². The van der Waals surface area contributed by atoms with E-state index in [1.165, 1.54) is 16.8 Å². The molecule has 0 fully saturated rings. The van der Waals surface area contributed by atoms with Crippen molar-refractivity contribution in [1.82, 2.24) is 15.0 Å². The summed E-state index contributed by atoms with van der Waals surface area (Å²) in [7, 11) is 0. The fourth-order valence-electron chi connectivity index (χ4n) is 2.81. The van der Waals surface area contributed by atoms with E-state index in [-0.39, 0.29) is 23.5 Å². The molecule has 0 aliphatic heterocycles. The highest BCUT2D eigenvalue weighted by Crippen LogP contribution is 2.25. The molecule has 6 heteroatoms. The SMILES string of the molecule is Cc1ccc(C)c(N(C(=O)c2cn(-c3ccc(F)cc3)nn2)C(C)C)c1. The molecule has 3 aromatic rings. The van der Waals surface area contributed by atoms with E-state index in [0.717, 1.165) is 16.8 Å². The van der Waals surface area contributed by atoms with Crippen molar-refractivity contribution in [2.24, 2.45) is 0 Å². The molecule has 134 valence electrons. The largest absolute Gasteiger partial charge is 0.304 e. The number of aryl methyl sites for hydroxylation is 2. The zero-order chi connectivity index (χ0) is 18.8. The van der Waals surface area contributed by atoms with Crippen LogP contribution in [0.1, 0.15) is 35.5 Å². The molecule has 26 heavy (non-hydrogen) atoms. The standard InChI is InChI=1S/C20H21FN4O/c1-13(2)25(19-11-14(3)5-6-15(19)4)20(26)18-12-24(23-22-18)17-9-7-16(21)8-10-17/h5-13H,1-4H3. The maximum absolute atomic E-state index is 13.1. The minimum absolute atomic E-state index is 0.0426. The van der Waals surface area contributed by atoms with Crippen molar-refractivity contribution in [2.75, 3.05) is 4.90 Å². The molecular formula is C20H21FN4O. The van der Waals surface area contributed by atoms with Gasteiger partial charge >= 0.3 is 0 Å². The molecule has 1 amide bonds. The topological polar surface area (TPSA) is 51.0 Å². The second kappa shape index (κ2) is 7.07. The van der Waals surface area contributed by atoms with Crippen LogP contribution in [0.25, 0.3) is 5.69 Å². The lowest BCUT2D eigenvalue weighted by atomic mass is 10.1. The van der Waals surface area contributed by atoms with Gasteiger partial charge in [-0.2, -0.15) is 0 Å². The quantitative estimate of drug-likeness (QED) is 0.711. The number of hydrogen-bond acceptors (Lipinski definition) is 3. The molecule has 1 aromatic heterocycles. The molecule has 0 spiro atoms. The Hall–Kier alpha value is -3.02. The van der Waals surface area contributed by atoms with E-state index in [2.05, 4.69) is 10.3 Å². The Balaban J connectivity index is 1.96. The zero-order valence-corrected chi connectivity index (χ0v) is 15.3. The molecule has 3 rings (SSSR count). The Bertz CT molecular complexity index is 931. The molecular weight excluding hydrogens is 331 g/mol. The fourth-order valence-corrected chi connectivity index (χ4v) is 2.81. The van der Waals surface area contributed by atoms with Gasteiger partial charge in [-0.1, -0.05) is 17.3 Å². The predicted molar refractivity (Wildman–Crippen MR) is 99.2 cm³/mol. The minimum Gasteiger partial charge on any atom is -0.304 e. The molecule has 0 saturated heterocycles. The van der Waals surface area contributed by atoms with Crippen molar-refractivity contribution in [3.63, 3.8) is 0 Å². The smallest absolute Gasteiger partial charge is 0.280 e. The van der Waals surface area contributed by atoms with Crippen molar-refractivity contribution in [3.8, 4) is 5.69 Å². The number of carbonyl (C=O) groups is 1. The number of halogens is 1. The van der Waals surface area contributed by atoms with Gasteiger partial charge in [0.15, 0.2) is 5.69 Å². The van der Waals surface area contributed by atoms with Gasteiger partial charge in [0.05, 0.1) is 11.9 Å². The van der Waals surface area contributed by atoms with Crippen LogP contribution in [0.4, 0.5) is 10.1 Å². The molecule has 2 aromatic carbocycles. The van der Waals surface area contributed by atoms with Crippen molar-refractivity contribution in [1.29, 1.82) is 0 Å². The number of anilines is 1. The fraction of sp³-hybridized carbons (Fsp3) is 0.250. The summed E-state index contributed by atoms with van der Waals surface area (Å²) in [6, 6.07) is 11.8. The second-order valence-electron chi connectivity index (χ2n) is 6.58. The lowest BCUT2D eigenvalue weighted by Crippen LogP contribution is -2.37. The average molecular weight is 352 g/mol. The summed E-state index contributed by atoms with van der Waals surface area (Å²) in [5.74, 6) is -0.548. The van der Waals surface area contributed by atoms with Gasteiger partial charge in [-0.3, -0.25) is 4.79 Å². The average Bonchev–Trinajstić information content (AvgIpc) is 3.08. The van der Waals surface area contributed by atoms with Gasteiger partial charge in [0.25, 0.3) is 5.91 Å². The Morgan fingerprint density at radius 1 is 1.12 bits per heavy atom. The second-order valence-corrected chi connectivity index (χ2v) is 6.58. The molecule has 0 radical (unpaired) electrons.